The molecule has 0 fully saturated rings. The number of hydrogen-bond donors (Lipinski definition) is 2. The van der Waals surface area contributed by atoms with Crippen LogP contribution in [0.4, 0.5) is 5.95 Å². The number of nitrogens with zero attached hydrogens (tertiary/aromatic N) is 3. The van der Waals surface area contributed by atoms with Crippen molar-refractivity contribution in [2.45, 2.75) is 6.61 Å². The van der Waals surface area contributed by atoms with Gasteiger partial charge in [-0.05, 0) is 12.1 Å². The summed E-state index contributed by atoms with van der Waals surface area (Å²) in [7, 11) is 1.44. The highest BCUT2D eigenvalue weighted by molar-refractivity contribution is 5.25. The topological polar surface area (TPSA) is 108 Å². The fourth-order valence-electron chi connectivity index (χ4n) is 1.09. The van der Waals surface area contributed by atoms with Crippen LogP contribution in [0.2, 0.25) is 0 Å². The number of furan rings is 1. The van der Waals surface area contributed by atoms with Crippen molar-refractivity contribution in [2.75, 3.05) is 12.5 Å². The van der Waals surface area contributed by atoms with Crippen molar-refractivity contribution in [1.29, 1.82) is 0 Å². The average Bonchev–Trinajstić information content (AvgIpc) is 2.89. The minimum absolute atomic E-state index is 0.0983. The summed E-state index contributed by atoms with van der Waals surface area (Å²) < 4.78 is 15.3. The van der Waals surface area contributed by atoms with Gasteiger partial charge in [-0.25, -0.2) is 5.84 Å². The molecule has 0 unspecified atom stereocenters. The van der Waals surface area contributed by atoms with Gasteiger partial charge in [-0.3, -0.25) is 5.43 Å². The van der Waals surface area contributed by atoms with Crippen LogP contribution in [0, 0.1) is 0 Å². The Hall–Kier alpha value is -2.35. The van der Waals surface area contributed by atoms with Gasteiger partial charge in [-0.1, -0.05) is 0 Å². The molecule has 0 spiro atoms. The minimum Gasteiger partial charge on any atom is -0.467 e. The molecule has 0 atom stereocenters. The lowest BCUT2D eigenvalue weighted by atomic mass is 10.5. The maximum Gasteiger partial charge on any atom is 0.324 e. The van der Waals surface area contributed by atoms with E-state index in [1.807, 2.05) is 0 Å². The first-order valence-corrected chi connectivity index (χ1v) is 4.73. The summed E-state index contributed by atoms with van der Waals surface area (Å²) in [4.78, 5) is 11.6. The van der Waals surface area contributed by atoms with E-state index in [2.05, 4.69) is 20.4 Å². The van der Waals surface area contributed by atoms with Crippen molar-refractivity contribution in [3.05, 3.63) is 24.2 Å². The second-order valence-corrected chi connectivity index (χ2v) is 2.94. The number of nitrogens with two attached hydrogens (primary N) is 1. The van der Waals surface area contributed by atoms with Crippen molar-refractivity contribution >= 4 is 5.95 Å². The summed E-state index contributed by atoms with van der Waals surface area (Å²) >= 11 is 0. The minimum atomic E-state index is 0.0983. The predicted molar refractivity (Wildman–Crippen MR) is 57.2 cm³/mol. The number of anilines is 1. The van der Waals surface area contributed by atoms with E-state index in [0.717, 1.165) is 0 Å². The van der Waals surface area contributed by atoms with Gasteiger partial charge >= 0.3 is 12.0 Å². The van der Waals surface area contributed by atoms with E-state index in [-0.39, 0.29) is 24.6 Å². The van der Waals surface area contributed by atoms with E-state index in [0.29, 0.717) is 5.76 Å². The second kappa shape index (κ2) is 5.12. The molecule has 8 nitrogen and oxygen atoms in total. The van der Waals surface area contributed by atoms with Gasteiger partial charge < -0.3 is 13.9 Å². The quantitative estimate of drug-likeness (QED) is 0.566. The number of hydrazine groups is 1. The zero-order chi connectivity index (χ0) is 12.1. The normalized spacial score (nSPS) is 10.0. The molecular weight excluding hydrogens is 226 g/mol. The van der Waals surface area contributed by atoms with Gasteiger partial charge in [0.2, 0.25) is 5.95 Å². The maximum atomic E-state index is 5.30. The molecule has 0 saturated heterocycles. The van der Waals surface area contributed by atoms with Crippen LogP contribution in [0.3, 0.4) is 0 Å². The smallest absolute Gasteiger partial charge is 0.324 e. The van der Waals surface area contributed by atoms with E-state index in [1.54, 1.807) is 18.4 Å². The summed E-state index contributed by atoms with van der Waals surface area (Å²) in [6, 6.07) is 3.75. The molecule has 0 amide bonds. The van der Waals surface area contributed by atoms with Crippen molar-refractivity contribution < 1.29 is 13.9 Å². The zero-order valence-electron chi connectivity index (χ0n) is 9.08. The molecule has 2 aromatic heterocycles. The molecule has 0 radical (unpaired) electrons. The van der Waals surface area contributed by atoms with Crippen molar-refractivity contribution in [3.63, 3.8) is 0 Å². The van der Waals surface area contributed by atoms with E-state index in [4.69, 9.17) is 19.7 Å². The Labute approximate surface area is 96.8 Å². The van der Waals surface area contributed by atoms with Crippen molar-refractivity contribution in [1.82, 2.24) is 15.0 Å². The van der Waals surface area contributed by atoms with Crippen molar-refractivity contribution in [3.8, 4) is 12.0 Å². The van der Waals surface area contributed by atoms with Crippen LogP contribution in [0.25, 0.3) is 0 Å². The van der Waals surface area contributed by atoms with Crippen LogP contribution in [0.5, 0.6) is 12.0 Å². The number of rotatable bonds is 5. The lowest BCUT2D eigenvalue weighted by Crippen LogP contribution is -2.12. The Balaban J connectivity index is 2.09. The Bertz CT molecular complexity index is 451. The first-order chi connectivity index (χ1) is 8.31. The first kappa shape index (κ1) is 11.1. The fourth-order valence-corrected chi connectivity index (χ4v) is 1.09. The van der Waals surface area contributed by atoms with Crippen LogP contribution >= 0.6 is 0 Å². The fraction of sp³-hybridized carbons (Fsp3) is 0.222. The monoisotopic (exact) mass is 237 g/mol. The lowest BCUT2D eigenvalue weighted by Gasteiger charge is -2.05. The zero-order valence-corrected chi connectivity index (χ0v) is 9.08. The van der Waals surface area contributed by atoms with Crippen LogP contribution in [-0.4, -0.2) is 22.1 Å². The highest BCUT2D eigenvalue weighted by atomic mass is 16.5. The number of nitrogen functional groups attached to an aromatic ring is 1. The van der Waals surface area contributed by atoms with Crippen LogP contribution < -0.4 is 20.7 Å². The molecule has 17 heavy (non-hydrogen) atoms. The number of aromatic nitrogens is 3. The molecule has 0 aliphatic rings. The molecule has 90 valence electrons. The van der Waals surface area contributed by atoms with E-state index in [1.165, 1.54) is 7.11 Å². The molecule has 0 aliphatic carbocycles. The highest BCUT2D eigenvalue weighted by Gasteiger charge is 2.07. The third-order valence-corrected chi connectivity index (χ3v) is 1.83. The average molecular weight is 237 g/mol. The largest absolute Gasteiger partial charge is 0.467 e. The molecule has 2 heterocycles. The summed E-state index contributed by atoms with van der Waals surface area (Å²) in [6.07, 6.45) is 1.56. The Kier molecular flexibility index (Phi) is 3.36. The van der Waals surface area contributed by atoms with Gasteiger partial charge in [0.15, 0.2) is 0 Å². The predicted octanol–water partition coefficient (Wildman–Crippen LogP) is 0.338. The Morgan fingerprint density at radius 2 is 2.18 bits per heavy atom. The Morgan fingerprint density at radius 1 is 1.35 bits per heavy atom. The molecule has 0 bridgehead atoms. The van der Waals surface area contributed by atoms with Gasteiger partial charge in [-0.15, -0.1) is 4.98 Å². The standard InChI is InChI=1S/C9H11N5O3/c1-15-8-11-7(14-10)12-9(13-8)17-5-6-3-2-4-16-6/h2-4H,5,10H2,1H3,(H,11,12,13,14). The van der Waals surface area contributed by atoms with Crippen LogP contribution in [0.15, 0.2) is 22.8 Å². The number of ether oxygens (including phenoxy) is 2. The molecule has 0 saturated carbocycles. The van der Waals surface area contributed by atoms with E-state index >= 15 is 0 Å². The van der Waals surface area contributed by atoms with Crippen molar-refractivity contribution in [2.24, 2.45) is 5.84 Å². The second-order valence-electron chi connectivity index (χ2n) is 2.94. The summed E-state index contributed by atoms with van der Waals surface area (Å²) in [5.41, 5.74) is 2.29. The molecule has 2 rings (SSSR count). The van der Waals surface area contributed by atoms with Gasteiger partial charge in [0, 0.05) is 0 Å². The van der Waals surface area contributed by atoms with Crippen LogP contribution in [-0.2, 0) is 6.61 Å². The first-order valence-electron chi connectivity index (χ1n) is 4.73. The number of methoxy groups -OCH3 is 1. The SMILES string of the molecule is COc1nc(NN)nc(OCc2ccco2)n1. The summed E-state index contributed by atoms with van der Waals surface area (Å²) in [5.74, 6) is 6.02. The molecule has 0 aliphatic heterocycles. The van der Waals surface area contributed by atoms with Gasteiger partial charge in [0.05, 0.1) is 13.4 Å². The van der Waals surface area contributed by atoms with E-state index < -0.39 is 0 Å². The van der Waals surface area contributed by atoms with Gasteiger partial charge in [-0.2, -0.15) is 9.97 Å². The third-order valence-electron chi connectivity index (χ3n) is 1.83. The molecule has 8 heteroatoms. The molecule has 0 aromatic carbocycles. The molecular formula is C9H11N5O3. The third kappa shape index (κ3) is 2.82. The summed E-state index contributed by atoms with van der Waals surface area (Å²) in [5, 5.41) is 0. The highest BCUT2D eigenvalue weighted by Crippen LogP contribution is 2.13. The van der Waals surface area contributed by atoms with Gasteiger partial charge in [0.1, 0.15) is 12.4 Å². The summed E-state index contributed by atoms with van der Waals surface area (Å²) in [6.45, 7) is 0.212. The maximum absolute atomic E-state index is 5.30. The number of hydrogen-bond acceptors (Lipinski definition) is 8. The van der Waals surface area contributed by atoms with Crippen LogP contribution in [0.1, 0.15) is 5.76 Å². The Morgan fingerprint density at radius 3 is 2.82 bits per heavy atom. The molecule has 2 aromatic rings. The molecule has 3 N–H and O–H groups in total. The van der Waals surface area contributed by atoms with Gasteiger partial charge in [0.25, 0.3) is 0 Å². The lowest BCUT2D eigenvalue weighted by molar-refractivity contribution is 0.244. The van der Waals surface area contributed by atoms with E-state index in [9.17, 15) is 0 Å². The number of nitrogens with one attached hydrogen (secondary N) is 1.